The summed E-state index contributed by atoms with van der Waals surface area (Å²) in [6, 6.07) is 5.82. The van der Waals surface area contributed by atoms with E-state index in [4.69, 9.17) is 9.53 Å². The first kappa shape index (κ1) is 24.0. The fraction of sp³-hybridized carbons (Fsp3) is 0.368. The molecule has 0 aliphatic carbocycles. The van der Waals surface area contributed by atoms with Gasteiger partial charge in [-0.15, -0.1) is 0 Å². The molecule has 0 radical (unpaired) electrons. The third-order valence-corrected chi connectivity index (χ3v) is 8.32. The Morgan fingerprint density at radius 3 is 1.73 bits per heavy atom. The molecular formula is C19H26F4O2Si. The molecule has 146 valence electrons. The zero-order chi connectivity index (χ0) is 19.4. The summed E-state index contributed by atoms with van der Waals surface area (Å²) in [7, 11) is -2.11. The molecule has 0 aliphatic heterocycles. The van der Waals surface area contributed by atoms with E-state index in [1.165, 1.54) is 0 Å². The number of hydrogen-bond donors (Lipinski definition) is 1. The Balaban J connectivity index is 0.000000532. The highest BCUT2D eigenvalue weighted by Gasteiger charge is 2.39. The highest BCUT2D eigenvalue weighted by Crippen LogP contribution is 2.38. The Bertz CT molecular complexity index is 728. The highest BCUT2D eigenvalue weighted by atomic mass is 28.4. The van der Waals surface area contributed by atoms with Gasteiger partial charge < -0.3 is 9.53 Å². The Morgan fingerprint density at radius 2 is 1.31 bits per heavy atom. The Labute approximate surface area is 153 Å². The molecule has 0 atom stereocenters. The summed E-state index contributed by atoms with van der Waals surface area (Å²) in [5.74, 6) is -3.08. The molecule has 0 amide bonds. The summed E-state index contributed by atoms with van der Waals surface area (Å²) < 4.78 is 56.2. The molecular weight excluding hydrogens is 364 g/mol. The molecule has 0 aromatic heterocycles. The lowest BCUT2D eigenvalue weighted by molar-refractivity contribution is 0.426. The van der Waals surface area contributed by atoms with Gasteiger partial charge in [-0.1, -0.05) is 28.2 Å². The maximum absolute atomic E-state index is 13.4. The van der Waals surface area contributed by atoms with E-state index in [1.54, 1.807) is 0 Å². The molecule has 7 heteroatoms. The van der Waals surface area contributed by atoms with Crippen LogP contribution in [0.25, 0.3) is 0 Å². The lowest BCUT2D eigenvalue weighted by Gasteiger charge is -2.36. The molecule has 0 fully saturated rings. The number of phenolic OH excluding ortho intramolecular Hbond substituents is 1. The van der Waals surface area contributed by atoms with Gasteiger partial charge in [-0.05, 0) is 42.4 Å². The van der Waals surface area contributed by atoms with Crippen LogP contribution in [0, 0.1) is 23.3 Å². The molecule has 2 aromatic carbocycles. The van der Waals surface area contributed by atoms with Crippen molar-refractivity contribution in [1.82, 2.24) is 0 Å². The molecule has 0 spiro atoms. The lowest BCUT2D eigenvalue weighted by Crippen LogP contribution is -2.44. The predicted molar refractivity (Wildman–Crippen MR) is 98.9 cm³/mol. The van der Waals surface area contributed by atoms with Gasteiger partial charge in [0.25, 0.3) is 8.32 Å². The maximum Gasteiger partial charge on any atom is 0.250 e. The topological polar surface area (TPSA) is 29.5 Å². The van der Waals surface area contributed by atoms with Gasteiger partial charge in [-0.2, -0.15) is 0 Å². The Kier molecular flexibility index (Phi) is 8.37. The average Bonchev–Trinajstić information content (AvgIpc) is 2.46. The molecule has 0 bridgehead atoms. The van der Waals surface area contributed by atoms with Gasteiger partial charge in [0.2, 0.25) is 0 Å². The van der Waals surface area contributed by atoms with Crippen molar-refractivity contribution in [2.24, 2.45) is 0 Å². The van der Waals surface area contributed by atoms with Crippen LogP contribution in [0.1, 0.15) is 28.2 Å². The van der Waals surface area contributed by atoms with Crippen molar-refractivity contribution in [2.75, 3.05) is 0 Å². The second-order valence-corrected chi connectivity index (χ2v) is 11.8. The third-order valence-electron chi connectivity index (χ3n) is 3.97. The van der Waals surface area contributed by atoms with Gasteiger partial charge in [0, 0.05) is 12.1 Å². The quantitative estimate of drug-likeness (QED) is 0.459. The van der Waals surface area contributed by atoms with Crippen LogP contribution in [0.3, 0.4) is 0 Å². The monoisotopic (exact) mass is 390 g/mol. The highest BCUT2D eigenvalue weighted by molar-refractivity contribution is 6.74. The molecule has 2 aromatic rings. The smallest absolute Gasteiger partial charge is 0.250 e. The Hall–Kier alpha value is -2.02. The SMILES string of the molecule is C.CC(C)(C)[Si](C)(C)Oc1cc(F)ccc1F.Oc1cc(F)ccc1F. The van der Waals surface area contributed by atoms with Gasteiger partial charge in [0.15, 0.2) is 17.4 Å². The zero-order valence-electron chi connectivity index (χ0n) is 14.8. The van der Waals surface area contributed by atoms with Crippen LogP contribution in [-0.4, -0.2) is 13.4 Å². The minimum absolute atomic E-state index is 0. The average molecular weight is 390 g/mol. The van der Waals surface area contributed by atoms with Crippen LogP contribution in [0.4, 0.5) is 17.6 Å². The van der Waals surface area contributed by atoms with Gasteiger partial charge >= 0.3 is 0 Å². The Morgan fingerprint density at radius 1 is 0.846 bits per heavy atom. The minimum atomic E-state index is -2.11. The van der Waals surface area contributed by atoms with Crippen LogP contribution in [0.15, 0.2) is 36.4 Å². The van der Waals surface area contributed by atoms with E-state index in [1.807, 2.05) is 13.1 Å². The summed E-state index contributed by atoms with van der Waals surface area (Å²) in [4.78, 5) is 0. The van der Waals surface area contributed by atoms with Crippen LogP contribution in [0.5, 0.6) is 11.5 Å². The first-order chi connectivity index (χ1) is 11.3. The molecule has 0 unspecified atom stereocenters. The minimum Gasteiger partial charge on any atom is -0.541 e. The van der Waals surface area contributed by atoms with Crippen molar-refractivity contribution in [2.45, 2.75) is 46.3 Å². The lowest BCUT2D eigenvalue weighted by atomic mass is 10.2. The van der Waals surface area contributed by atoms with E-state index in [-0.39, 0.29) is 18.2 Å². The van der Waals surface area contributed by atoms with Crippen LogP contribution < -0.4 is 4.43 Å². The van der Waals surface area contributed by atoms with Crippen molar-refractivity contribution < 1.29 is 27.1 Å². The third kappa shape index (κ3) is 6.71. The van der Waals surface area contributed by atoms with Crippen molar-refractivity contribution >= 4 is 8.32 Å². The summed E-state index contributed by atoms with van der Waals surface area (Å²) in [6.07, 6.45) is 0. The number of hydrogen-bond acceptors (Lipinski definition) is 2. The first-order valence-corrected chi connectivity index (χ1v) is 10.5. The maximum atomic E-state index is 13.4. The van der Waals surface area contributed by atoms with E-state index in [9.17, 15) is 17.6 Å². The number of halogens is 4. The molecule has 2 rings (SSSR count). The van der Waals surface area contributed by atoms with E-state index in [0.29, 0.717) is 0 Å². The summed E-state index contributed by atoms with van der Waals surface area (Å²) in [5.41, 5.74) is 0. The predicted octanol–water partition coefficient (Wildman–Crippen LogP) is 6.66. The van der Waals surface area contributed by atoms with Crippen LogP contribution >= 0.6 is 0 Å². The fourth-order valence-corrected chi connectivity index (χ4v) is 2.48. The van der Waals surface area contributed by atoms with E-state index in [2.05, 4.69) is 20.8 Å². The number of phenols is 1. The zero-order valence-corrected chi connectivity index (χ0v) is 15.8. The molecule has 2 nitrogen and oxygen atoms in total. The summed E-state index contributed by atoms with van der Waals surface area (Å²) in [6.45, 7) is 10.2. The number of rotatable bonds is 2. The van der Waals surface area contributed by atoms with E-state index in [0.717, 1.165) is 36.4 Å². The standard InChI is InChI=1S/C12H18F2OSi.C6H4F2O.CH4/c1-12(2,3)16(4,5)15-11-8-9(13)6-7-10(11)14;7-4-1-2-5(8)6(9)3-4;/h6-8H,1-5H3;1-3,9H;1H4. The van der Waals surface area contributed by atoms with Gasteiger partial charge in [-0.25, -0.2) is 17.6 Å². The van der Waals surface area contributed by atoms with E-state index >= 15 is 0 Å². The molecule has 0 heterocycles. The fourth-order valence-electron chi connectivity index (χ4n) is 1.47. The number of benzene rings is 2. The molecule has 0 saturated heterocycles. The molecule has 26 heavy (non-hydrogen) atoms. The van der Waals surface area contributed by atoms with Crippen molar-refractivity contribution in [3.63, 3.8) is 0 Å². The second-order valence-electron chi connectivity index (χ2n) is 7.03. The summed E-state index contributed by atoms with van der Waals surface area (Å²) in [5, 5.41) is 8.45. The van der Waals surface area contributed by atoms with Gasteiger partial charge in [-0.3, -0.25) is 0 Å². The van der Waals surface area contributed by atoms with Crippen molar-refractivity contribution in [3.8, 4) is 11.5 Å². The summed E-state index contributed by atoms with van der Waals surface area (Å²) >= 11 is 0. The second kappa shape index (κ2) is 9.07. The normalized spacial score (nSPS) is 11.1. The van der Waals surface area contributed by atoms with Gasteiger partial charge in [0.05, 0.1) is 0 Å². The molecule has 1 N–H and O–H groups in total. The van der Waals surface area contributed by atoms with Gasteiger partial charge in [0.1, 0.15) is 17.4 Å². The van der Waals surface area contributed by atoms with E-state index < -0.39 is 37.3 Å². The van der Waals surface area contributed by atoms with Crippen molar-refractivity contribution in [1.29, 1.82) is 0 Å². The van der Waals surface area contributed by atoms with Crippen LogP contribution in [-0.2, 0) is 0 Å². The van der Waals surface area contributed by atoms with Crippen LogP contribution in [0.2, 0.25) is 18.1 Å². The largest absolute Gasteiger partial charge is 0.541 e. The molecule has 0 saturated carbocycles. The molecule has 0 aliphatic rings. The number of aromatic hydroxyl groups is 1. The van der Waals surface area contributed by atoms with Crippen molar-refractivity contribution in [3.05, 3.63) is 59.7 Å². The first-order valence-electron chi connectivity index (χ1n) is 7.61.